The predicted molar refractivity (Wildman–Crippen MR) is 69.3 cm³/mol. The van der Waals surface area contributed by atoms with E-state index in [1.165, 1.54) is 0 Å². The van der Waals surface area contributed by atoms with Gasteiger partial charge in [0.1, 0.15) is 5.75 Å². The summed E-state index contributed by atoms with van der Waals surface area (Å²) in [7, 11) is 1.92. The quantitative estimate of drug-likeness (QED) is 0.871. The number of benzene rings is 1. The van der Waals surface area contributed by atoms with Gasteiger partial charge >= 0.3 is 0 Å². The number of para-hydroxylation sites is 1. The van der Waals surface area contributed by atoms with Crippen LogP contribution in [0.5, 0.6) is 5.75 Å². The summed E-state index contributed by atoms with van der Waals surface area (Å²) in [5, 5.41) is 4.20. The third-order valence-electron chi connectivity index (χ3n) is 3.51. The molecule has 4 nitrogen and oxygen atoms in total. The van der Waals surface area contributed by atoms with E-state index in [0.717, 1.165) is 29.7 Å². The topological polar surface area (TPSA) is 53.1 Å². The Morgan fingerprint density at radius 3 is 3.06 bits per heavy atom. The van der Waals surface area contributed by atoms with E-state index in [0.29, 0.717) is 6.61 Å². The van der Waals surface area contributed by atoms with Gasteiger partial charge < -0.3 is 10.5 Å². The lowest BCUT2D eigenvalue weighted by molar-refractivity contribution is 0.215. The lowest BCUT2D eigenvalue weighted by Gasteiger charge is -2.35. The van der Waals surface area contributed by atoms with Crippen LogP contribution < -0.4 is 10.5 Å². The first-order valence-corrected chi connectivity index (χ1v) is 6.16. The van der Waals surface area contributed by atoms with Gasteiger partial charge in [-0.3, -0.25) is 4.68 Å². The molecule has 1 unspecified atom stereocenters. The normalized spacial score (nSPS) is 22.3. The highest BCUT2D eigenvalue weighted by Gasteiger charge is 2.34. The lowest BCUT2D eigenvalue weighted by atomic mass is 9.81. The van der Waals surface area contributed by atoms with Gasteiger partial charge in [-0.05, 0) is 18.1 Å². The predicted octanol–water partition coefficient (Wildman–Crippen LogP) is 1.60. The largest absolute Gasteiger partial charge is 0.493 e. The maximum absolute atomic E-state index is 6.59. The monoisotopic (exact) mass is 243 g/mol. The number of fused-ring (bicyclic) bond motifs is 1. The van der Waals surface area contributed by atoms with E-state index < -0.39 is 0 Å². The molecule has 2 N–H and O–H groups in total. The molecule has 0 saturated heterocycles. The molecule has 2 heterocycles. The van der Waals surface area contributed by atoms with Crippen LogP contribution in [0.15, 0.2) is 36.7 Å². The fourth-order valence-corrected chi connectivity index (χ4v) is 2.59. The first-order valence-electron chi connectivity index (χ1n) is 6.16. The summed E-state index contributed by atoms with van der Waals surface area (Å²) in [6.45, 7) is 0.674. The van der Waals surface area contributed by atoms with Crippen molar-refractivity contribution in [2.75, 3.05) is 6.61 Å². The SMILES string of the molecule is Cn1cc(CC2(N)CCOc3ccccc32)cn1. The van der Waals surface area contributed by atoms with Crippen LogP contribution in [0.25, 0.3) is 0 Å². The average molecular weight is 243 g/mol. The molecule has 1 aliphatic rings. The molecule has 1 aromatic carbocycles. The second kappa shape index (κ2) is 4.14. The van der Waals surface area contributed by atoms with Gasteiger partial charge in [-0.15, -0.1) is 0 Å². The first kappa shape index (κ1) is 11.3. The van der Waals surface area contributed by atoms with Crippen molar-refractivity contribution in [2.24, 2.45) is 12.8 Å². The molecule has 1 aliphatic heterocycles. The number of hydrogen-bond donors (Lipinski definition) is 1. The molecule has 0 spiro atoms. The Morgan fingerprint density at radius 2 is 2.28 bits per heavy atom. The van der Waals surface area contributed by atoms with Gasteiger partial charge in [-0.2, -0.15) is 5.10 Å². The average Bonchev–Trinajstić information content (AvgIpc) is 2.75. The standard InChI is InChI=1S/C14H17N3O/c1-17-10-11(9-16-17)8-14(15)6-7-18-13-5-3-2-4-12(13)14/h2-5,9-10H,6-8,15H2,1H3. The van der Waals surface area contributed by atoms with Crippen molar-refractivity contribution in [1.82, 2.24) is 9.78 Å². The molecule has 0 amide bonds. The number of nitrogens with zero attached hydrogens (tertiary/aromatic N) is 2. The van der Waals surface area contributed by atoms with Crippen LogP contribution in [0.2, 0.25) is 0 Å². The minimum Gasteiger partial charge on any atom is -0.493 e. The molecule has 4 heteroatoms. The van der Waals surface area contributed by atoms with Gasteiger partial charge in [0, 0.05) is 25.2 Å². The summed E-state index contributed by atoms with van der Waals surface area (Å²) in [4.78, 5) is 0. The van der Waals surface area contributed by atoms with Crippen molar-refractivity contribution in [1.29, 1.82) is 0 Å². The third-order valence-corrected chi connectivity index (χ3v) is 3.51. The van der Waals surface area contributed by atoms with Crippen LogP contribution in [0.4, 0.5) is 0 Å². The van der Waals surface area contributed by atoms with Gasteiger partial charge in [0.05, 0.1) is 18.3 Å². The van der Waals surface area contributed by atoms with Crippen LogP contribution in [-0.2, 0) is 19.0 Å². The number of ether oxygens (including phenoxy) is 1. The summed E-state index contributed by atoms with van der Waals surface area (Å²) in [5.74, 6) is 0.912. The second-order valence-corrected chi connectivity index (χ2v) is 4.95. The minimum absolute atomic E-state index is 0.349. The van der Waals surface area contributed by atoms with Crippen molar-refractivity contribution in [2.45, 2.75) is 18.4 Å². The van der Waals surface area contributed by atoms with E-state index in [-0.39, 0.29) is 5.54 Å². The molecule has 3 rings (SSSR count). The van der Waals surface area contributed by atoms with E-state index in [1.807, 2.05) is 42.3 Å². The molecule has 0 bridgehead atoms. The maximum atomic E-state index is 6.59. The van der Waals surface area contributed by atoms with Crippen molar-refractivity contribution in [3.8, 4) is 5.75 Å². The Kier molecular flexibility index (Phi) is 2.59. The number of hydrogen-bond acceptors (Lipinski definition) is 3. The molecule has 1 aromatic heterocycles. The summed E-state index contributed by atoms with van der Waals surface area (Å²) in [6, 6.07) is 8.04. The molecule has 2 aromatic rings. The highest BCUT2D eigenvalue weighted by atomic mass is 16.5. The van der Waals surface area contributed by atoms with Crippen LogP contribution in [-0.4, -0.2) is 16.4 Å². The van der Waals surface area contributed by atoms with Crippen LogP contribution >= 0.6 is 0 Å². The van der Waals surface area contributed by atoms with E-state index in [9.17, 15) is 0 Å². The highest BCUT2D eigenvalue weighted by Crippen LogP contribution is 2.37. The molecular weight excluding hydrogens is 226 g/mol. The van der Waals surface area contributed by atoms with E-state index in [4.69, 9.17) is 10.5 Å². The molecule has 0 fully saturated rings. The Balaban J connectivity index is 1.95. The lowest BCUT2D eigenvalue weighted by Crippen LogP contribution is -2.43. The van der Waals surface area contributed by atoms with Crippen LogP contribution in [0.1, 0.15) is 17.5 Å². The minimum atomic E-state index is -0.349. The Labute approximate surface area is 106 Å². The summed E-state index contributed by atoms with van der Waals surface area (Å²) in [5.41, 5.74) is 8.51. The van der Waals surface area contributed by atoms with Gasteiger partial charge in [0.15, 0.2) is 0 Å². The summed E-state index contributed by atoms with van der Waals surface area (Å²) < 4.78 is 7.47. The number of aromatic nitrogens is 2. The third kappa shape index (κ3) is 1.88. The number of nitrogens with two attached hydrogens (primary N) is 1. The molecule has 0 aliphatic carbocycles. The van der Waals surface area contributed by atoms with Crippen LogP contribution in [0.3, 0.4) is 0 Å². The van der Waals surface area contributed by atoms with Crippen molar-refractivity contribution < 1.29 is 4.74 Å². The second-order valence-electron chi connectivity index (χ2n) is 4.95. The van der Waals surface area contributed by atoms with Gasteiger partial charge in [-0.1, -0.05) is 18.2 Å². The van der Waals surface area contributed by atoms with Gasteiger partial charge in [0.25, 0.3) is 0 Å². The fourth-order valence-electron chi connectivity index (χ4n) is 2.59. The maximum Gasteiger partial charge on any atom is 0.124 e. The summed E-state index contributed by atoms with van der Waals surface area (Å²) >= 11 is 0. The number of rotatable bonds is 2. The van der Waals surface area contributed by atoms with Crippen molar-refractivity contribution >= 4 is 0 Å². The van der Waals surface area contributed by atoms with Crippen molar-refractivity contribution in [3.05, 3.63) is 47.8 Å². The molecule has 1 atom stereocenters. The zero-order chi connectivity index (χ0) is 12.6. The van der Waals surface area contributed by atoms with Crippen molar-refractivity contribution in [3.63, 3.8) is 0 Å². The number of aryl methyl sites for hydroxylation is 1. The zero-order valence-electron chi connectivity index (χ0n) is 10.5. The molecule has 94 valence electrons. The Bertz CT molecular complexity index is 564. The highest BCUT2D eigenvalue weighted by molar-refractivity contribution is 5.41. The fraction of sp³-hybridized carbons (Fsp3) is 0.357. The molecule has 0 radical (unpaired) electrons. The van der Waals surface area contributed by atoms with Gasteiger partial charge in [-0.25, -0.2) is 0 Å². The smallest absolute Gasteiger partial charge is 0.124 e. The first-order chi connectivity index (χ1) is 8.67. The van der Waals surface area contributed by atoms with E-state index >= 15 is 0 Å². The van der Waals surface area contributed by atoms with Crippen LogP contribution in [0, 0.1) is 0 Å². The van der Waals surface area contributed by atoms with E-state index in [1.54, 1.807) is 0 Å². The molecular formula is C14H17N3O. The van der Waals surface area contributed by atoms with Gasteiger partial charge in [0.2, 0.25) is 0 Å². The molecule has 18 heavy (non-hydrogen) atoms. The Morgan fingerprint density at radius 1 is 1.44 bits per heavy atom. The molecule has 0 saturated carbocycles. The Hall–Kier alpha value is -1.81. The summed E-state index contributed by atoms with van der Waals surface area (Å²) in [6.07, 6.45) is 5.53. The van der Waals surface area contributed by atoms with E-state index in [2.05, 4.69) is 11.2 Å². The zero-order valence-corrected chi connectivity index (χ0v) is 10.5.